The highest BCUT2D eigenvalue weighted by atomic mass is 79.9. The molecule has 2 aromatic carbocycles. The molecule has 0 heterocycles. The Labute approximate surface area is 123 Å². The van der Waals surface area contributed by atoms with E-state index in [4.69, 9.17) is 4.74 Å². The number of halogens is 1. The first-order chi connectivity index (χ1) is 9.08. The number of benzene rings is 2. The molecule has 0 saturated heterocycles. The predicted molar refractivity (Wildman–Crippen MR) is 84.1 cm³/mol. The highest BCUT2D eigenvalue weighted by Crippen LogP contribution is 2.23. The fourth-order valence-electron chi connectivity index (χ4n) is 2.27. The molecule has 19 heavy (non-hydrogen) atoms. The lowest BCUT2D eigenvalue weighted by Crippen LogP contribution is -1.99. The summed E-state index contributed by atoms with van der Waals surface area (Å²) < 4.78 is 5.95. The summed E-state index contributed by atoms with van der Waals surface area (Å²) in [7, 11) is 0. The van der Waals surface area contributed by atoms with Gasteiger partial charge in [-0.15, -0.1) is 0 Å². The van der Waals surface area contributed by atoms with Crippen LogP contribution < -0.4 is 4.74 Å². The third-order valence-corrected chi connectivity index (χ3v) is 3.64. The molecule has 0 bridgehead atoms. The van der Waals surface area contributed by atoms with Gasteiger partial charge in [-0.25, -0.2) is 0 Å². The lowest BCUT2D eigenvalue weighted by molar-refractivity contribution is 0.303. The monoisotopic (exact) mass is 318 g/mol. The Morgan fingerprint density at radius 1 is 0.895 bits per heavy atom. The van der Waals surface area contributed by atoms with Crippen molar-refractivity contribution in [1.29, 1.82) is 0 Å². The van der Waals surface area contributed by atoms with E-state index in [2.05, 4.69) is 73.1 Å². The average molecular weight is 319 g/mol. The van der Waals surface area contributed by atoms with E-state index in [0.717, 1.165) is 11.1 Å². The van der Waals surface area contributed by atoms with Crippen molar-refractivity contribution in [3.8, 4) is 5.75 Å². The number of alkyl halides is 1. The highest BCUT2D eigenvalue weighted by Gasteiger charge is 2.04. The van der Waals surface area contributed by atoms with Gasteiger partial charge in [-0.3, -0.25) is 0 Å². The van der Waals surface area contributed by atoms with Crippen molar-refractivity contribution in [3.05, 3.63) is 64.2 Å². The van der Waals surface area contributed by atoms with Crippen LogP contribution in [0.1, 0.15) is 27.8 Å². The van der Waals surface area contributed by atoms with Crippen molar-refractivity contribution in [2.75, 3.05) is 0 Å². The van der Waals surface area contributed by atoms with Gasteiger partial charge in [-0.1, -0.05) is 63.0 Å². The zero-order valence-corrected chi connectivity index (χ0v) is 13.3. The van der Waals surface area contributed by atoms with Crippen LogP contribution in [0, 0.1) is 20.8 Å². The van der Waals surface area contributed by atoms with E-state index in [-0.39, 0.29) is 0 Å². The maximum absolute atomic E-state index is 5.95. The summed E-state index contributed by atoms with van der Waals surface area (Å²) in [5.41, 5.74) is 6.24. The normalized spacial score (nSPS) is 10.5. The average Bonchev–Trinajstić information content (AvgIpc) is 2.36. The second-order valence-corrected chi connectivity index (χ2v) is 5.59. The van der Waals surface area contributed by atoms with Gasteiger partial charge in [0.05, 0.1) is 0 Å². The zero-order valence-electron chi connectivity index (χ0n) is 11.7. The highest BCUT2D eigenvalue weighted by molar-refractivity contribution is 9.08. The molecule has 0 N–H and O–H groups in total. The van der Waals surface area contributed by atoms with Gasteiger partial charge in [0.1, 0.15) is 12.4 Å². The fourth-order valence-corrected chi connectivity index (χ4v) is 2.71. The van der Waals surface area contributed by atoms with E-state index < -0.39 is 0 Å². The number of hydrogen-bond acceptors (Lipinski definition) is 1. The molecule has 0 aliphatic rings. The third-order valence-electron chi connectivity index (χ3n) is 3.04. The van der Waals surface area contributed by atoms with Crippen molar-refractivity contribution in [2.45, 2.75) is 32.7 Å². The first-order valence-electron chi connectivity index (χ1n) is 6.44. The second-order valence-electron chi connectivity index (χ2n) is 5.03. The number of hydrogen-bond donors (Lipinski definition) is 0. The molecule has 0 spiro atoms. The lowest BCUT2D eigenvalue weighted by atomic mass is 10.1. The number of ether oxygens (including phenoxy) is 1. The van der Waals surface area contributed by atoms with Crippen LogP contribution in [0.15, 0.2) is 36.4 Å². The molecule has 0 aliphatic carbocycles. The first kappa shape index (κ1) is 14.1. The molecular weight excluding hydrogens is 300 g/mol. The van der Waals surface area contributed by atoms with Crippen LogP contribution in [0.5, 0.6) is 5.75 Å². The van der Waals surface area contributed by atoms with Crippen LogP contribution in [0.4, 0.5) is 0 Å². The van der Waals surface area contributed by atoms with Crippen molar-refractivity contribution >= 4 is 15.9 Å². The molecule has 2 aromatic rings. The SMILES string of the molecule is Cc1cc(C)cc(COc2ccc(C)cc2CBr)c1. The molecule has 2 heteroatoms. The Bertz CT molecular complexity index is 555. The van der Waals surface area contributed by atoms with Crippen LogP contribution in [0.3, 0.4) is 0 Å². The number of aryl methyl sites for hydroxylation is 3. The first-order valence-corrected chi connectivity index (χ1v) is 7.56. The van der Waals surface area contributed by atoms with Gasteiger partial charge in [0.2, 0.25) is 0 Å². The van der Waals surface area contributed by atoms with E-state index in [1.165, 1.54) is 27.8 Å². The molecule has 0 aromatic heterocycles. The molecule has 0 aliphatic heterocycles. The Morgan fingerprint density at radius 2 is 1.58 bits per heavy atom. The van der Waals surface area contributed by atoms with Gasteiger partial charge in [0.15, 0.2) is 0 Å². The Balaban J connectivity index is 2.14. The predicted octanol–water partition coefficient (Wildman–Crippen LogP) is 5.09. The van der Waals surface area contributed by atoms with Crippen molar-refractivity contribution in [1.82, 2.24) is 0 Å². The molecule has 0 atom stereocenters. The zero-order chi connectivity index (χ0) is 13.8. The summed E-state index contributed by atoms with van der Waals surface area (Å²) in [6, 6.07) is 12.8. The van der Waals surface area contributed by atoms with Crippen LogP contribution in [-0.4, -0.2) is 0 Å². The quantitative estimate of drug-likeness (QED) is 0.714. The van der Waals surface area contributed by atoms with Gasteiger partial charge < -0.3 is 4.74 Å². The van der Waals surface area contributed by atoms with E-state index in [9.17, 15) is 0 Å². The molecule has 2 rings (SSSR count). The van der Waals surface area contributed by atoms with Crippen LogP contribution >= 0.6 is 15.9 Å². The van der Waals surface area contributed by atoms with Gasteiger partial charge in [0.25, 0.3) is 0 Å². The Morgan fingerprint density at radius 3 is 2.21 bits per heavy atom. The topological polar surface area (TPSA) is 9.23 Å². The van der Waals surface area contributed by atoms with Crippen molar-refractivity contribution in [2.24, 2.45) is 0 Å². The van der Waals surface area contributed by atoms with E-state index in [1.807, 2.05) is 0 Å². The van der Waals surface area contributed by atoms with Gasteiger partial charge in [-0.2, -0.15) is 0 Å². The van der Waals surface area contributed by atoms with Crippen LogP contribution in [0.25, 0.3) is 0 Å². The second kappa shape index (κ2) is 6.25. The lowest BCUT2D eigenvalue weighted by Gasteiger charge is -2.12. The van der Waals surface area contributed by atoms with Crippen LogP contribution in [-0.2, 0) is 11.9 Å². The molecule has 0 unspecified atom stereocenters. The van der Waals surface area contributed by atoms with Gasteiger partial charge in [-0.05, 0) is 32.4 Å². The molecular formula is C17H19BrO. The van der Waals surface area contributed by atoms with E-state index in [0.29, 0.717) is 6.61 Å². The Kier molecular flexibility index (Phi) is 4.65. The number of rotatable bonds is 4. The minimum Gasteiger partial charge on any atom is -0.489 e. The standard InChI is InChI=1S/C17H19BrO/c1-12-4-5-17(16(9-12)10-18)19-11-15-7-13(2)6-14(3)8-15/h4-9H,10-11H2,1-3H3. The maximum atomic E-state index is 5.95. The van der Waals surface area contributed by atoms with E-state index >= 15 is 0 Å². The molecule has 100 valence electrons. The van der Waals surface area contributed by atoms with Crippen molar-refractivity contribution in [3.63, 3.8) is 0 Å². The minimum atomic E-state index is 0.617. The summed E-state index contributed by atoms with van der Waals surface area (Å²) in [5.74, 6) is 0.960. The third kappa shape index (κ3) is 3.84. The van der Waals surface area contributed by atoms with Gasteiger partial charge >= 0.3 is 0 Å². The minimum absolute atomic E-state index is 0.617. The van der Waals surface area contributed by atoms with Crippen molar-refractivity contribution < 1.29 is 4.74 Å². The summed E-state index contributed by atoms with van der Waals surface area (Å²) in [4.78, 5) is 0. The molecule has 0 saturated carbocycles. The maximum Gasteiger partial charge on any atom is 0.123 e. The molecule has 0 fully saturated rings. The molecule has 0 amide bonds. The molecule has 1 nitrogen and oxygen atoms in total. The van der Waals surface area contributed by atoms with E-state index in [1.54, 1.807) is 0 Å². The summed E-state index contributed by atoms with van der Waals surface area (Å²) >= 11 is 3.51. The summed E-state index contributed by atoms with van der Waals surface area (Å²) in [5, 5.41) is 0.816. The smallest absolute Gasteiger partial charge is 0.123 e. The summed E-state index contributed by atoms with van der Waals surface area (Å²) in [6.45, 7) is 6.95. The summed E-state index contributed by atoms with van der Waals surface area (Å²) in [6.07, 6.45) is 0. The Hall–Kier alpha value is -1.28. The largest absolute Gasteiger partial charge is 0.489 e. The fraction of sp³-hybridized carbons (Fsp3) is 0.294. The van der Waals surface area contributed by atoms with Gasteiger partial charge in [0, 0.05) is 10.9 Å². The van der Waals surface area contributed by atoms with Crippen LogP contribution in [0.2, 0.25) is 0 Å². The molecule has 0 radical (unpaired) electrons.